The zero-order valence-corrected chi connectivity index (χ0v) is 12.4. The second-order valence-electron chi connectivity index (χ2n) is 4.64. The fourth-order valence-corrected chi connectivity index (χ4v) is 2.90. The van der Waals surface area contributed by atoms with E-state index in [1.807, 2.05) is 18.4 Å². The van der Waals surface area contributed by atoms with Gasteiger partial charge < -0.3 is 0 Å². The molecule has 0 aliphatic carbocycles. The van der Waals surface area contributed by atoms with E-state index in [2.05, 4.69) is 10.3 Å². The highest BCUT2D eigenvalue weighted by molar-refractivity contribution is 7.11. The van der Waals surface area contributed by atoms with Gasteiger partial charge in [-0.1, -0.05) is 0 Å². The molecule has 0 unspecified atom stereocenters. The van der Waals surface area contributed by atoms with Crippen LogP contribution in [-0.2, 0) is 9.59 Å². The highest BCUT2D eigenvalue weighted by atomic mass is 32.1. The summed E-state index contributed by atoms with van der Waals surface area (Å²) in [6, 6.07) is 4.31. The average molecular weight is 313 g/mol. The summed E-state index contributed by atoms with van der Waals surface area (Å²) in [5, 5.41) is 4.05. The number of imide groups is 2. The minimum atomic E-state index is -0.775. The molecule has 1 aliphatic heterocycles. The van der Waals surface area contributed by atoms with E-state index in [1.165, 1.54) is 29.8 Å². The van der Waals surface area contributed by atoms with Gasteiger partial charge in [0.05, 0.1) is 11.9 Å². The van der Waals surface area contributed by atoms with Crippen LogP contribution in [0.4, 0.5) is 10.5 Å². The molecule has 1 aliphatic rings. The van der Waals surface area contributed by atoms with Crippen molar-refractivity contribution in [2.45, 2.75) is 6.92 Å². The number of barbiturate groups is 1. The predicted octanol–water partition coefficient (Wildman–Crippen LogP) is 2.12. The Bertz CT molecular complexity index is 795. The van der Waals surface area contributed by atoms with Crippen LogP contribution < -0.4 is 10.2 Å². The second-order valence-corrected chi connectivity index (χ2v) is 5.58. The van der Waals surface area contributed by atoms with Crippen molar-refractivity contribution in [3.05, 3.63) is 52.0 Å². The smallest absolute Gasteiger partial charge is 0.273 e. The minimum Gasteiger partial charge on any atom is -0.273 e. The molecular formula is C15H11N3O3S. The Hall–Kier alpha value is -2.80. The first-order chi connectivity index (χ1) is 10.6. The second kappa shape index (κ2) is 5.53. The molecule has 0 bridgehead atoms. The Morgan fingerprint density at radius 3 is 2.73 bits per heavy atom. The fraction of sp³-hybridized carbons (Fsp3) is 0.0667. The first-order valence-electron chi connectivity index (χ1n) is 6.43. The Kier molecular flexibility index (Phi) is 3.56. The van der Waals surface area contributed by atoms with Crippen LogP contribution in [-0.4, -0.2) is 22.8 Å². The van der Waals surface area contributed by atoms with Gasteiger partial charge >= 0.3 is 6.03 Å². The Labute approximate surface area is 130 Å². The Morgan fingerprint density at radius 2 is 2.09 bits per heavy atom. The van der Waals surface area contributed by atoms with Crippen LogP contribution in [0.1, 0.15) is 10.4 Å². The van der Waals surface area contributed by atoms with Crippen molar-refractivity contribution < 1.29 is 14.4 Å². The number of pyridine rings is 1. The maximum absolute atomic E-state index is 12.5. The van der Waals surface area contributed by atoms with E-state index in [4.69, 9.17) is 0 Å². The Morgan fingerprint density at radius 1 is 1.27 bits per heavy atom. The molecule has 1 N–H and O–H groups in total. The van der Waals surface area contributed by atoms with Crippen LogP contribution in [0.2, 0.25) is 0 Å². The number of aryl methyl sites for hydroxylation is 1. The summed E-state index contributed by atoms with van der Waals surface area (Å²) in [5.41, 5.74) is 1.20. The van der Waals surface area contributed by atoms with Crippen molar-refractivity contribution in [2.24, 2.45) is 0 Å². The molecule has 0 saturated carbocycles. The maximum atomic E-state index is 12.5. The number of rotatable bonds is 2. The van der Waals surface area contributed by atoms with Gasteiger partial charge in [0.25, 0.3) is 11.8 Å². The number of nitrogens with zero attached hydrogens (tertiary/aromatic N) is 2. The van der Waals surface area contributed by atoms with E-state index in [9.17, 15) is 14.4 Å². The summed E-state index contributed by atoms with van der Waals surface area (Å²) in [6.45, 7) is 1.89. The molecule has 4 amide bonds. The lowest BCUT2D eigenvalue weighted by molar-refractivity contribution is -0.122. The van der Waals surface area contributed by atoms with E-state index in [-0.39, 0.29) is 5.57 Å². The molecule has 110 valence electrons. The lowest BCUT2D eigenvalue weighted by Crippen LogP contribution is -2.54. The molecular weight excluding hydrogens is 302 g/mol. The summed E-state index contributed by atoms with van der Waals surface area (Å²) in [5.74, 6) is -1.35. The van der Waals surface area contributed by atoms with Gasteiger partial charge in [0.2, 0.25) is 0 Å². The van der Waals surface area contributed by atoms with Gasteiger partial charge in [-0.2, -0.15) is 0 Å². The highest BCUT2D eigenvalue weighted by Gasteiger charge is 2.37. The first-order valence-corrected chi connectivity index (χ1v) is 7.31. The van der Waals surface area contributed by atoms with Gasteiger partial charge in [0.1, 0.15) is 5.57 Å². The largest absolute Gasteiger partial charge is 0.336 e. The van der Waals surface area contributed by atoms with Crippen molar-refractivity contribution in [1.29, 1.82) is 0 Å². The molecule has 0 spiro atoms. The molecule has 2 aromatic rings. The number of carbonyl (C=O) groups is 3. The molecule has 2 aromatic heterocycles. The minimum absolute atomic E-state index is 0.0750. The van der Waals surface area contributed by atoms with Gasteiger partial charge in [0, 0.05) is 11.1 Å². The van der Waals surface area contributed by atoms with Crippen LogP contribution in [0.25, 0.3) is 6.08 Å². The molecule has 0 aromatic carbocycles. The molecule has 3 rings (SSSR count). The standard InChI is InChI=1S/C15H11N3O3S/c1-9-4-6-22-12(9)7-11-13(19)17-15(21)18(14(11)20)10-3-2-5-16-8-10/h2-8H,1H3,(H,17,19,21)/b11-7+. The molecule has 0 atom stereocenters. The number of hydrogen-bond acceptors (Lipinski definition) is 5. The number of nitrogens with one attached hydrogen (secondary N) is 1. The third-order valence-electron chi connectivity index (χ3n) is 3.18. The third kappa shape index (κ3) is 2.42. The number of urea groups is 1. The number of aromatic nitrogens is 1. The van der Waals surface area contributed by atoms with E-state index < -0.39 is 17.8 Å². The van der Waals surface area contributed by atoms with Crippen LogP contribution in [0, 0.1) is 6.92 Å². The number of carbonyl (C=O) groups excluding carboxylic acids is 3. The van der Waals surface area contributed by atoms with Crippen molar-refractivity contribution in [3.63, 3.8) is 0 Å². The van der Waals surface area contributed by atoms with E-state index >= 15 is 0 Å². The number of amides is 4. The third-order valence-corrected chi connectivity index (χ3v) is 4.15. The van der Waals surface area contributed by atoms with Gasteiger partial charge in [-0.3, -0.25) is 19.9 Å². The average Bonchev–Trinajstić information content (AvgIpc) is 2.89. The normalized spacial score (nSPS) is 17.0. The molecule has 22 heavy (non-hydrogen) atoms. The van der Waals surface area contributed by atoms with Crippen LogP contribution in [0.3, 0.4) is 0 Å². The quantitative estimate of drug-likeness (QED) is 0.680. The van der Waals surface area contributed by atoms with Crippen molar-refractivity contribution >= 4 is 40.9 Å². The lowest BCUT2D eigenvalue weighted by Gasteiger charge is -2.25. The summed E-state index contributed by atoms with van der Waals surface area (Å²) in [6.07, 6.45) is 4.43. The van der Waals surface area contributed by atoms with E-state index in [1.54, 1.807) is 12.1 Å². The van der Waals surface area contributed by atoms with E-state index in [0.29, 0.717) is 5.69 Å². The maximum Gasteiger partial charge on any atom is 0.336 e. The fourth-order valence-electron chi connectivity index (χ4n) is 2.04. The molecule has 3 heterocycles. The first kappa shape index (κ1) is 14.2. The van der Waals surface area contributed by atoms with Gasteiger partial charge in [-0.15, -0.1) is 11.3 Å². The highest BCUT2D eigenvalue weighted by Crippen LogP contribution is 2.24. The number of thiophene rings is 1. The van der Waals surface area contributed by atoms with Crippen molar-refractivity contribution in [3.8, 4) is 0 Å². The molecule has 1 saturated heterocycles. The lowest BCUT2D eigenvalue weighted by atomic mass is 10.1. The number of hydrogen-bond donors (Lipinski definition) is 1. The van der Waals surface area contributed by atoms with Gasteiger partial charge in [0.15, 0.2) is 0 Å². The van der Waals surface area contributed by atoms with Crippen LogP contribution in [0.5, 0.6) is 0 Å². The van der Waals surface area contributed by atoms with Crippen LogP contribution in [0.15, 0.2) is 41.5 Å². The monoisotopic (exact) mass is 313 g/mol. The SMILES string of the molecule is Cc1ccsc1/C=C1\C(=O)NC(=O)N(c2cccnc2)C1=O. The summed E-state index contributed by atoms with van der Waals surface area (Å²) >= 11 is 1.42. The summed E-state index contributed by atoms with van der Waals surface area (Å²) in [7, 11) is 0. The Balaban J connectivity index is 2.03. The summed E-state index contributed by atoms with van der Waals surface area (Å²) in [4.78, 5) is 42.1. The zero-order chi connectivity index (χ0) is 15.7. The van der Waals surface area contributed by atoms with Crippen molar-refractivity contribution in [2.75, 3.05) is 4.90 Å². The van der Waals surface area contributed by atoms with Crippen LogP contribution >= 0.6 is 11.3 Å². The van der Waals surface area contributed by atoms with E-state index in [0.717, 1.165) is 15.3 Å². The number of anilines is 1. The summed E-state index contributed by atoms with van der Waals surface area (Å²) < 4.78 is 0. The molecule has 6 nitrogen and oxygen atoms in total. The molecule has 7 heteroatoms. The topological polar surface area (TPSA) is 79.4 Å². The van der Waals surface area contributed by atoms with Crippen molar-refractivity contribution in [1.82, 2.24) is 10.3 Å². The van der Waals surface area contributed by atoms with Gasteiger partial charge in [-0.05, 0) is 42.1 Å². The van der Waals surface area contributed by atoms with Gasteiger partial charge in [-0.25, -0.2) is 9.69 Å². The molecule has 0 radical (unpaired) electrons. The zero-order valence-electron chi connectivity index (χ0n) is 11.6. The predicted molar refractivity (Wildman–Crippen MR) is 82.3 cm³/mol. The molecule has 1 fully saturated rings.